The van der Waals surface area contributed by atoms with E-state index in [-0.39, 0.29) is 18.2 Å². The van der Waals surface area contributed by atoms with Crippen LogP contribution in [0.4, 0.5) is 0 Å². The molecule has 0 bridgehead atoms. The third-order valence-corrected chi connectivity index (χ3v) is 9.15. The largest absolute Gasteiger partial charge is 0.464 e. The van der Waals surface area contributed by atoms with Crippen molar-refractivity contribution in [2.24, 2.45) is 5.92 Å². The van der Waals surface area contributed by atoms with Gasteiger partial charge in [-0.05, 0) is 43.5 Å². The van der Waals surface area contributed by atoms with Crippen LogP contribution < -0.4 is 0 Å². The molecule has 0 saturated heterocycles. The van der Waals surface area contributed by atoms with Gasteiger partial charge in [-0.3, -0.25) is 0 Å². The molecule has 0 aliphatic heterocycles. The normalized spacial score (nSPS) is 15.9. The fraction of sp³-hybridized carbons (Fsp3) is 0.500. The highest BCUT2D eigenvalue weighted by Crippen LogP contribution is 2.46. The van der Waals surface area contributed by atoms with Crippen LogP contribution in [-0.2, 0) is 18.8 Å². The quantitative estimate of drug-likeness (QED) is 0.274. The number of fused-ring (bicyclic) bond motifs is 1. The van der Waals surface area contributed by atoms with Crippen molar-refractivity contribution in [2.75, 3.05) is 18.7 Å². The molecule has 0 aromatic heterocycles. The van der Waals surface area contributed by atoms with Gasteiger partial charge < -0.3 is 14.0 Å². The maximum absolute atomic E-state index is 13.4. The molecule has 0 spiro atoms. The van der Waals surface area contributed by atoms with E-state index < -0.39 is 19.4 Å². The van der Waals surface area contributed by atoms with Crippen LogP contribution >= 0.6 is 19.6 Å². The van der Waals surface area contributed by atoms with Gasteiger partial charge in [0, 0.05) is 17.0 Å². The molecule has 0 amide bonds. The minimum Gasteiger partial charge on any atom is -0.464 e. The van der Waals surface area contributed by atoms with Crippen LogP contribution in [0, 0.1) is 5.92 Å². The average molecular weight is 423 g/mol. The zero-order chi connectivity index (χ0) is 20.7. The highest BCUT2D eigenvalue weighted by molar-refractivity contribution is 8.04. The van der Waals surface area contributed by atoms with Crippen LogP contribution in [0.25, 0.3) is 10.8 Å². The molecule has 0 N–H and O–H groups in total. The number of hydrogen-bond acceptors (Lipinski definition) is 5. The number of carbonyl (C=O) groups excluding carboxylic acids is 1. The molecule has 2 aromatic rings. The van der Waals surface area contributed by atoms with E-state index in [9.17, 15) is 9.36 Å². The summed E-state index contributed by atoms with van der Waals surface area (Å²) in [5.41, 5.74) is -1.13. The number of carbonyl (C=O) groups is 1. The summed E-state index contributed by atoms with van der Waals surface area (Å²) in [6.45, 7) is 9.97. The van der Waals surface area contributed by atoms with Gasteiger partial charge in [-0.2, -0.15) is 0 Å². The van der Waals surface area contributed by atoms with Gasteiger partial charge in [0.1, 0.15) is 0 Å². The van der Waals surface area contributed by atoms with E-state index in [1.165, 1.54) is 5.39 Å². The maximum Gasteiger partial charge on any atom is 0.338 e. The lowest BCUT2D eigenvalue weighted by Gasteiger charge is -2.37. The van der Waals surface area contributed by atoms with Crippen molar-refractivity contribution in [1.82, 2.24) is 0 Å². The predicted octanol–water partition coefficient (Wildman–Crippen LogP) is 5.83. The number of benzene rings is 2. The molecule has 0 aliphatic rings. The standard InChI is InChI=1S/C22H31O4PS/c1-6-25-21(23)22(5,26-7-2)20(16(3)4)27(24)15-28-19-14-10-12-17-11-8-9-13-18(17)19/h8-14,16,20,27H,6-7,15H2,1-5H3. The molecule has 3 atom stereocenters. The van der Waals surface area contributed by atoms with E-state index in [0.29, 0.717) is 12.1 Å². The van der Waals surface area contributed by atoms with Crippen LogP contribution in [0.5, 0.6) is 0 Å². The molecule has 28 heavy (non-hydrogen) atoms. The fourth-order valence-electron chi connectivity index (χ4n) is 3.73. The van der Waals surface area contributed by atoms with Crippen molar-refractivity contribution < 1.29 is 18.8 Å². The molecule has 2 aromatic carbocycles. The molecule has 0 aliphatic carbocycles. The van der Waals surface area contributed by atoms with E-state index in [1.54, 1.807) is 25.6 Å². The Morgan fingerprint density at radius 2 is 1.79 bits per heavy atom. The van der Waals surface area contributed by atoms with Crippen LogP contribution in [0.1, 0.15) is 34.6 Å². The smallest absolute Gasteiger partial charge is 0.338 e. The van der Waals surface area contributed by atoms with Crippen molar-refractivity contribution >= 4 is 36.3 Å². The SMILES string of the molecule is CCOC(=O)C(C)(OCC)C(C(C)C)[PH](=O)CSc1cccc2ccccc12. The van der Waals surface area contributed by atoms with Gasteiger partial charge in [0.05, 0.1) is 20.1 Å². The number of hydrogen-bond donors (Lipinski definition) is 0. The summed E-state index contributed by atoms with van der Waals surface area (Å²) < 4.78 is 24.5. The summed E-state index contributed by atoms with van der Waals surface area (Å²) in [5.74, 6) is -0.399. The summed E-state index contributed by atoms with van der Waals surface area (Å²) in [7, 11) is -2.15. The zero-order valence-electron chi connectivity index (χ0n) is 17.4. The third-order valence-electron chi connectivity index (χ3n) is 4.85. The highest BCUT2D eigenvalue weighted by Gasteiger charge is 2.48. The van der Waals surface area contributed by atoms with Crippen molar-refractivity contribution in [1.29, 1.82) is 0 Å². The summed E-state index contributed by atoms with van der Waals surface area (Å²) in [5, 5.41) is 2.32. The van der Waals surface area contributed by atoms with Gasteiger partial charge in [-0.25, -0.2) is 4.79 Å². The molecule has 0 heterocycles. The first-order valence-corrected chi connectivity index (χ1v) is 12.5. The lowest BCUT2D eigenvalue weighted by molar-refractivity contribution is -0.170. The summed E-state index contributed by atoms with van der Waals surface area (Å²) >= 11 is 1.59. The van der Waals surface area contributed by atoms with Gasteiger partial charge in [-0.15, -0.1) is 11.8 Å². The first kappa shape index (κ1) is 23.0. The second kappa shape index (κ2) is 10.5. The highest BCUT2D eigenvalue weighted by atomic mass is 32.2. The molecular weight excluding hydrogens is 391 g/mol. The number of thioether (sulfide) groups is 1. The fourth-order valence-corrected chi connectivity index (χ4v) is 7.71. The Kier molecular flexibility index (Phi) is 8.60. The van der Waals surface area contributed by atoms with Crippen molar-refractivity contribution in [3.05, 3.63) is 42.5 Å². The topological polar surface area (TPSA) is 52.6 Å². The van der Waals surface area contributed by atoms with Crippen LogP contribution in [-0.4, -0.2) is 35.9 Å². The van der Waals surface area contributed by atoms with Gasteiger partial charge in [0.15, 0.2) is 5.60 Å². The van der Waals surface area contributed by atoms with E-state index in [4.69, 9.17) is 9.47 Å². The number of esters is 1. The molecule has 2 rings (SSSR count). The first-order valence-electron chi connectivity index (χ1n) is 9.79. The van der Waals surface area contributed by atoms with Gasteiger partial charge in [0.25, 0.3) is 0 Å². The van der Waals surface area contributed by atoms with Crippen LogP contribution in [0.15, 0.2) is 47.4 Å². The van der Waals surface area contributed by atoms with E-state index in [1.807, 2.05) is 39.0 Å². The molecule has 4 nitrogen and oxygen atoms in total. The Labute approximate surface area is 173 Å². The van der Waals surface area contributed by atoms with Gasteiger partial charge in [0.2, 0.25) is 0 Å². The molecule has 0 radical (unpaired) electrons. The second-order valence-electron chi connectivity index (χ2n) is 7.21. The molecule has 0 saturated carbocycles. The van der Waals surface area contributed by atoms with Crippen LogP contribution in [0.3, 0.4) is 0 Å². The second-order valence-corrected chi connectivity index (χ2v) is 10.7. The monoisotopic (exact) mass is 422 g/mol. The minimum atomic E-state index is -2.15. The molecule has 154 valence electrons. The molecular formula is C22H31O4PS. The van der Waals surface area contributed by atoms with Gasteiger partial charge >= 0.3 is 5.97 Å². The lowest BCUT2D eigenvalue weighted by Crippen LogP contribution is -2.51. The van der Waals surface area contributed by atoms with Crippen molar-refractivity contribution in [3.8, 4) is 0 Å². The van der Waals surface area contributed by atoms with E-state index >= 15 is 0 Å². The Morgan fingerprint density at radius 3 is 2.43 bits per heavy atom. The molecule has 3 unspecified atom stereocenters. The van der Waals surface area contributed by atoms with Crippen molar-refractivity contribution in [2.45, 2.75) is 50.8 Å². The number of rotatable bonds is 10. The molecule has 6 heteroatoms. The summed E-state index contributed by atoms with van der Waals surface area (Å²) in [4.78, 5) is 13.8. The first-order chi connectivity index (χ1) is 13.3. The Hall–Kier alpha value is -1.29. The van der Waals surface area contributed by atoms with E-state index in [0.717, 1.165) is 10.3 Å². The third kappa shape index (κ3) is 5.20. The maximum atomic E-state index is 13.4. The lowest BCUT2D eigenvalue weighted by atomic mass is 9.93. The molecule has 0 fully saturated rings. The zero-order valence-corrected chi connectivity index (χ0v) is 19.2. The Morgan fingerprint density at radius 1 is 1.11 bits per heavy atom. The average Bonchev–Trinajstić information content (AvgIpc) is 2.66. The Balaban J connectivity index is 2.25. The van der Waals surface area contributed by atoms with E-state index in [2.05, 4.69) is 24.3 Å². The van der Waals surface area contributed by atoms with Gasteiger partial charge in [-0.1, -0.05) is 50.2 Å². The summed E-state index contributed by atoms with van der Waals surface area (Å²) in [6, 6.07) is 14.3. The predicted molar refractivity (Wildman–Crippen MR) is 119 cm³/mol. The van der Waals surface area contributed by atoms with Crippen LogP contribution in [0.2, 0.25) is 0 Å². The summed E-state index contributed by atoms with van der Waals surface area (Å²) in [6.07, 6.45) is 0. The minimum absolute atomic E-state index is 0.0282. The Bertz CT molecular complexity index is 818. The van der Waals surface area contributed by atoms with Crippen molar-refractivity contribution in [3.63, 3.8) is 0 Å². The number of ether oxygens (including phenoxy) is 2.